The highest BCUT2D eigenvalue weighted by atomic mass is 16.5. The number of methoxy groups -OCH3 is 2. The van der Waals surface area contributed by atoms with Crippen LogP contribution in [0.4, 0.5) is 0 Å². The van der Waals surface area contributed by atoms with Crippen molar-refractivity contribution in [1.29, 1.82) is 0 Å². The largest absolute Gasteiger partial charge is 0.467 e. The van der Waals surface area contributed by atoms with Gasteiger partial charge in [0.2, 0.25) is 0 Å². The highest BCUT2D eigenvalue weighted by Gasteiger charge is 2.19. The van der Waals surface area contributed by atoms with Crippen molar-refractivity contribution in [2.75, 3.05) is 14.2 Å². The summed E-state index contributed by atoms with van der Waals surface area (Å²) in [5, 5.41) is 9.09. The molecule has 74 valence electrons. The smallest absolute Gasteiger partial charge is 0.335 e. The third-order valence-corrected chi connectivity index (χ3v) is 1.39. The summed E-state index contributed by atoms with van der Waals surface area (Å²) in [6, 6.07) is 0. The van der Waals surface area contributed by atoms with Crippen LogP contribution in [0.1, 0.15) is 6.42 Å². The molecule has 13 heavy (non-hydrogen) atoms. The van der Waals surface area contributed by atoms with Gasteiger partial charge in [-0.25, -0.2) is 9.59 Å². The van der Waals surface area contributed by atoms with E-state index in [2.05, 4.69) is 16.1 Å². The lowest BCUT2D eigenvalue weighted by molar-refractivity contribution is -0.150. The lowest BCUT2D eigenvalue weighted by Crippen LogP contribution is -2.23. The summed E-state index contributed by atoms with van der Waals surface area (Å²) in [6.45, 7) is 3.34. The van der Waals surface area contributed by atoms with Crippen LogP contribution in [0, 0.1) is 0 Å². The molecular weight excluding hydrogens is 176 g/mol. The van der Waals surface area contributed by atoms with Gasteiger partial charge in [0.15, 0.2) is 6.10 Å². The highest BCUT2D eigenvalue weighted by molar-refractivity contribution is 5.89. The number of hydrogen-bond acceptors (Lipinski definition) is 5. The van der Waals surface area contributed by atoms with Gasteiger partial charge in [-0.15, -0.1) is 0 Å². The Bertz CT molecular complexity index is 221. The van der Waals surface area contributed by atoms with Crippen molar-refractivity contribution in [1.82, 2.24) is 0 Å². The summed E-state index contributed by atoms with van der Waals surface area (Å²) in [5.41, 5.74) is 0.0281. The van der Waals surface area contributed by atoms with Gasteiger partial charge in [0, 0.05) is 12.0 Å². The quantitative estimate of drug-likeness (QED) is 0.481. The van der Waals surface area contributed by atoms with Gasteiger partial charge in [0.1, 0.15) is 0 Å². The third-order valence-electron chi connectivity index (χ3n) is 1.39. The normalized spacial score (nSPS) is 11.6. The van der Waals surface area contributed by atoms with E-state index in [0.717, 1.165) is 7.11 Å². The molecular formula is C8H12O5. The summed E-state index contributed by atoms with van der Waals surface area (Å²) in [5.74, 6) is -1.45. The average molecular weight is 188 g/mol. The predicted molar refractivity (Wildman–Crippen MR) is 43.8 cm³/mol. The number of aliphatic hydroxyl groups excluding tert-OH is 1. The Morgan fingerprint density at radius 1 is 1.38 bits per heavy atom. The second-order valence-electron chi connectivity index (χ2n) is 2.34. The number of rotatable bonds is 4. The van der Waals surface area contributed by atoms with Crippen molar-refractivity contribution in [2.24, 2.45) is 0 Å². The fourth-order valence-corrected chi connectivity index (χ4v) is 0.680. The maximum absolute atomic E-state index is 10.8. The van der Waals surface area contributed by atoms with Gasteiger partial charge < -0.3 is 14.6 Å². The average Bonchev–Trinajstić information content (AvgIpc) is 2.14. The first kappa shape index (κ1) is 11.6. The van der Waals surface area contributed by atoms with Gasteiger partial charge in [0.05, 0.1) is 14.2 Å². The molecule has 5 heteroatoms. The molecule has 0 bridgehead atoms. The molecule has 0 aliphatic carbocycles. The second kappa shape index (κ2) is 5.31. The Morgan fingerprint density at radius 2 is 1.92 bits per heavy atom. The number of aliphatic hydroxyl groups is 1. The Kier molecular flexibility index (Phi) is 4.76. The highest BCUT2D eigenvalue weighted by Crippen LogP contribution is 2.05. The van der Waals surface area contributed by atoms with Crippen molar-refractivity contribution < 1.29 is 24.2 Å². The zero-order chi connectivity index (χ0) is 10.4. The standard InChI is InChI=1S/C8H12O5/c1-5(7(10)12-2)4-6(9)8(11)13-3/h6,9H,1,4H2,2-3H3/t6-/m0/s1. The minimum Gasteiger partial charge on any atom is -0.467 e. The number of ether oxygens (including phenoxy) is 2. The Balaban J connectivity index is 4.06. The molecule has 0 unspecified atom stereocenters. The van der Waals surface area contributed by atoms with E-state index >= 15 is 0 Å². The van der Waals surface area contributed by atoms with Crippen LogP contribution < -0.4 is 0 Å². The predicted octanol–water partition coefficient (Wildman–Crippen LogP) is -0.360. The van der Waals surface area contributed by atoms with Gasteiger partial charge in [0.25, 0.3) is 0 Å². The molecule has 0 fully saturated rings. The topological polar surface area (TPSA) is 72.8 Å². The second-order valence-corrected chi connectivity index (χ2v) is 2.34. The Morgan fingerprint density at radius 3 is 2.31 bits per heavy atom. The van der Waals surface area contributed by atoms with Crippen molar-refractivity contribution in [3.63, 3.8) is 0 Å². The van der Waals surface area contributed by atoms with Crippen LogP contribution in [-0.2, 0) is 19.1 Å². The minimum atomic E-state index is -1.36. The van der Waals surface area contributed by atoms with E-state index in [9.17, 15) is 9.59 Å². The monoisotopic (exact) mass is 188 g/mol. The van der Waals surface area contributed by atoms with E-state index in [1.54, 1.807) is 0 Å². The molecule has 0 heterocycles. The van der Waals surface area contributed by atoms with E-state index in [1.165, 1.54) is 7.11 Å². The van der Waals surface area contributed by atoms with Crippen molar-refractivity contribution in [3.8, 4) is 0 Å². The zero-order valence-electron chi connectivity index (χ0n) is 7.57. The fourth-order valence-electron chi connectivity index (χ4n) is 0.680. The first-order valence-corrected chi connectivity index (χ1v) is 3.55. The first-order valence-electron chi connectivity index (χ1n) is 3.55. The molecule has 0 rings (SSSR count). The molecule has 0 amide bonds. The lowest BCUT2D eigenvalue weighted by atomic mass is 10.1. The molecule has 0 spiro atoms. The first-order chi connectivity index (χ1) is 6.02. The zero-order valence-corrected chi connectivity index (χ0v) is 7.57. The van der Waals surface area contributed by atoms with E-state index in [1.807, 2.05) is 0 Å². The van der Waals surface area contributed by atoms with Crippen LogP contribution in [0.2, 0.25) is 0 Å². The molecule has 1 atom stereocenters. The third kappa shape index (κ3) is 3.71. The molecule has 0 aromatic carbocycles. The van der Waals surface area contributed by atoms with E-state index in [-0.39, 0.29) is 12.0 Å². The minimum absolute atomic E-state index is 0.0281. The number of carbonyl (C=O) groups is 2. The Labute approximate surface area is 75.9 Å². The summed E-state index contributed by atoms with van der Waals surface area (Å²) in [6.07, 6.45) is -1.55. The van der Waals surface area contributed by atoms with E-state index in [4.69, 9.17) is 5.11 Å². The lowest BCUT2D eigenvalue weighted by Gasteiger charge is -2.08. The van der Waals surface area contributed by atoms with Crippen LogP contribution in [0.5, 0.6) is 0 Å². The van der Waals surface area contributed by atoms with Crippen molar-refractivity contribution >= 4 is 11.9 Å². The molecule has 5 nitrogen and oxygen atoms in total. The van der Waals surface area contributed by atoms with Gasteiger partial charge in [-0.3, -0.25) is 0 Å². The molecule has 1 N–H and O–H groups in total. The van der Waals surface area contributed by atoms with Crippen LogP contribution in [0.25, 0.3) is 0 Å². The van der Waals surface area contributed by atoms with Gasteiger partial charge >= 0.3 is 11.9 Å². The maximum atomic E-state index is 10.8. The maximum Gasteiger partial charge on any atom is 0.335 e. The van der Waals surface area contributed by atoms with Crippen molar-refractivity contribution in [3.05, 3.63) is 12.2 Å². The van der Waals surface area contributed by atoms with Gasteiger partial charge in [-0.05, 0) is 0 Å². The van der Waals surface area contributed by atoms with E-state index < -0.39 is 18.0 Å². The fraction of sp³-hybridized carbons (Fsp3) is 0.500. The number of carbonyl (C=O) groups excluding carboxylic acids is 2. The molecule has 0 saturated carbocycles. The molecule has 0 radical (unpaired) electrons. The molecule has 0 aromatic rings. The summed E-state index contributed by atoms with van der Waals surface area (Å²) in [4.78, 5) is 21.5. The number of esters is 2. The van der Waals surface area contributed by atoms with Crippen LogP contribution in [-0.4, -0.2) is 37.4 Å². The Hall–Kier alpha value is -1.36. The molecule has 0 saturated heterocycles. The van der Waals surface area contributed by atoms with Crippen LogP contribution in [0.15, 0.2) is 12.2 Å². The SMILES string of the molecule is C=C(C[C@H](O)C(=O)OC)C(=O)OC. The van der Waals surface area contributed by atoms with Crippen LogP contribution >= 0.6 is 0 Å². The molecule has 0 aliphatic rings. The summed E-state index contributed by atoms with van der Waals surface area (Å²) < 4.78 is 8.57. The molecule has 0 aromatic heterocycles. The van der Waals surface area contributed by atoms with Crippen LogP contribution in [0.3, 0.4) is 0 Å². The molecule has 0 aliphatic heterocycles. The van der Waals surface area contributed by atoms with Gasteiger partial charge in [-0.1, -0.05) is 6.58 Å². The van der Waals surface area contributed by atoms with Crippen molar-refractivity contribution in [2.45, 2.75) is 12.5 Å². The van der Waals surface area contributed by atoms with E-state index in [0.29, 0.717) is 0 Å². The summed E-state index contributed by atoms with van der Waals surface area (Å²) in [7, 11) is 2.34. The number of hydrogen-bond donors (Lipinski definition) is 1. The summed E-state index contributed by atoms with van der Waals surface area (Å²) >= 11 is 0. The van der Waals surface area contributed by atoms with Gasteiger partial charge in [-0.2, -0.15) is 0 Å².